The fourth-order valence-electron chi connectivity index (χ4n) is 2.08. The number of aromatic nitrogens is 1. The zero-order chi connectivity index (χ0) is 15.2. The van der Waals surface area contributed by atoms with Crippen molar-refractivity contribution in [3.8, 4) is 5.75 Å². The van der Waals surface area contributed by atoms with Crippen LogP contribution in [0.1, 0.15) is 36.6 Å². The van der Waals surface area contributed by atoms with Gasteiger partial charge in [-0.2, -0.15) is 0 Å². The van der Waals surface area contributed by atoms with Crippen molar-refractivity contribution in [1.82, 2.24) is 4.98 Å². The Hall–Kier alpha value is -2.56. The number of pyridine rings is 1. The van der Waals surface area contributed by atoms with E-state index in [-0.39, 0.29) is 5.84 Å². The lowest BCUT2D eigenvalue weighted by molar-refractivity contribution is 0.300. The number of nitrogens with zero attached hydrogens (tertiary/aromatic N) is 2. The van der Waals surface area contributed by atoms with E-state index in [1.807, 2.05) is 30.3 Å². The Labute approximate surface area is 124 Å². The maximum absolute atomic E-state index is 8.80. The first-order valence-electron chi connectivity index (χ1n) is 6.77. The van der Waals surface area contributed by atoms with Crippen molar-refractivity contribution >= 4 is 5.84 Å². The quantitative estimate of drug-likeness (QED) is 0.383. The summed E-state index contributed by atoms with van der Waals surface area (Å²) in [6, 6.07) is 11.6. The highest BCUT2D eigenvalue weighted by Gasteiger charge is 2.11. The molecule has 0 unspecified atom stereocenters. The van der Waals surface area contributed by atoms with Gasteiger partial charge in [0.1, 0.15) is 18.1 Å². The molecule has 1 aromatic carbocycles. The lowest BCUT2D eigenvalue weighted by atomic mass is 10.0. The molecule has 0 aliphatic rings. The fourth-order valence-corrected chi connectivity index (χ4v) is 2.08. The van der Waals surface area contributed by atoms with Crippen molar-refractivity contribution in [2.24, 2.45) is 10.9 Å². The minimum absolute atomic E-state index is 0.0219. The van der Waals surface area contributed by atoms with E-state index >= 15 is 0 Å². The van der Waals surface area contributed by atoms with E-state index in [2.05, 4.69) is 24.0 Å². The molecule has 2 aromatic rings. The summed E-state index contributed by atoms with van der Waals surface area (Å²) in [5.41, 5.74) is 7.97. The molecule has 1 heterocycles. The fraction of sp³-hybridized carbons (Fsp3) is 0.250. The van der Waals surface area contributed by atoms with Crippen molar-refractivity contribution < 1.29 is 9.94 Å². The molecule has 0 aliphatic heterocycles. The van der Waals surface area contributed by atoms with Gasteiger partial charge < -0.3 is 15.7 Å². The highest BCUT2D eigenvalue weighted by molar-refractivity contribution is 5.96. The van der Waals surface area contributed by atoms with Crippen LogP contribution in [0.15, 0.2) is 47.8 Å². The highest BCUT2D eigenvalue weighted by Crippen LogP contribution is 2.26. The van der Waals surface area contributed by atoms with Crippen LogP contribution in [-0.4, -0.2) is 16.0 Å². The van der Waals surface area contributed by atoms with Crippen LogP contribution in [0.2, 0.25) is 0 Å². The molecule has 0 aliphatic carbocycles. The second kappa shape index (κ2) is 6.74. The molecule has 0 fully saturated rings. The molecule has 0 saturated heterocycles. The number of nitrogens with two attached hydrogens (primary N) is 1. The summed E-state index contributed by atoms with van der Waals surface area (Å²) in [4.78, 5) is 4.12. The normalized spacial score (nSPS) is 11.7. The summed E-state index contributed by atoms with van der Waals surface area (Å²) in [7, 11) is 0. The Balaban J connectivity index is 2.22. The average Bonchev–Trinajstić information content (AvgIpc) is 2.52. The molecule has 0 bridgehead atoms. The third-order valence-corrected chi connectivity index (χ3v) is 3.17. The summed E-state index contributed by atoms with van der Waals surface area (Å²) >= 11 is 0. The molecule has 0 atom stereocenters. The van der Waals surface area contributed by atoms with Crippen molar-refractivity contribution in [3.05, 3.63) is 59.4 Å². The topological polar surface area (TPSA) is 80.7 Å². The van der Waals surface area contributed by atoms with Crippen molar-refractivity contribution in [1.29, 1.82) is 0 Å². The second-order valence-corrected chi connectivity index (χ2v) is 4.98. The van der Waals surface area contributed by atoms with Crippen LogP contribution in [0.25, 0.3) is 0 Å². The summed E-state index contributed by atoms with van der Waals surface area (Å²) in [6.07, 6.45) is 1.60. The first-order valence-corrected chi connectivity index (χ1v) is 6.77. The van der Waals surface area contributed by atoms with Gasteiger partial charge in [-0.15, -0.1) is 0 Å². The zero-order valence-electron chi connectivity index (χ0n) is 12.2. The smallest absolute Gasteiger partial charge is 0.189 e. The van der Waals surface area contributed by atoms with E-state index in [9.17, 15) is 0 Å². The molecule has 110 valence electrons. The lowest BCUT2D eigenvalue weighted by Gasteiger charge is -2.14. The van der Waals surface area contributed by atoms with Crippen LogP contribution in [0.5, 0.6) is 5.75 Å². The maximum atomic E-state index is 8.80. The van der Waals surface area contributed by atoms with E-state index in [4.69, 9.17) is 15.7 Å². The second-order valence-electron chi connectivity index (χ2n) is 4.98. The summed E-state index contributed by atoms with van der Waals surface area (Å²) in [6.45, 7) is 4.55. The number of benzene rings is 1. The number of para-hydroxylation sites is 1. The number of rotatable bonds is 5. The zero-order valence-corrected chi connectivity index (χ0v) is 12.2. The Morgan fingerprint density at radius 2 is 2.05 bits per heavy atom. The molecule has 0 radical (unpaired) electrons. The first-order chi connectivity index (χ1) is 10.1. The van der Waals surface area contributed by atoms with Crippen molar-refractivity contribution in [2.75, 3.05) is 0 Å². The molecule has 21 heavy (non-hydrogen) atoms. The monoisotopic (exact) mass is 285 g/mol. The van der Waals surface area contributed by atoms with Gasteiger partial charge in [0.25, 0.3) is 0 Å². The molecular weight excluding hydrogens is 266 g/mol. The lowest BCUT2D eigenvalue weighted by Crippen LogP contribution is -2.18. The molecule has 3 N–H and O–H groups in total. The van der Waals surface area contributed by atoms with Gasteiger partial charge in [0, 0.05) is 11.8 Å². The van der Waals surface area contributed by atoms with E-state index in [0.29, 0.717) is 18.2 Å². The molecule has 0 saturated carbocycles. The standard InChI is InChI=1S/C16H19N3O2/c1-11(2)13-7-3-4-8-14(13)21-10-12-6-5-9-18-15(12)16(17)19-20/h3-9,11,20H,10H2,1-2H3,(H2,17,19). The molecule has 2 rings (SSSR count). The van der Waals surface area contributed by atoms with Gasteiger partial charge in [-0.3, -0.25) is 4.98 Å². The average molecular weight is 285 g/mol. The number of amidine groups is 1. The first kappa shape index (κ1) is 14.8. The molecular formula is C16H19N3O2. The van der Waals surface area contributed by atoms with Crippen molar-refractivity contribution in [2.45, 2.75) is 26.4 Å². The van der Waals surface area contributed by atoms with Gasteiger partial charge >= 0.3 is 0 Å². The number of ether oxygens (including phenoxy) is 1. The molecule has 5 nitrogen and oxygen atoms in total. The molecule has 0 spiro atoms. The van der Waals surface area contributed by atoms with Gasteiger partial charge in [-0.25, -0.2) is 0 Å². The SMILES string of the molecule is CC(C)c1ccccc1OCc1cccnc1C(N)=NO. The van der Waals surface area contributed by atoms with Gasteiger partial charge in [-0.05, 0) is 23.6 Å². The third kappa shape index (κ3) is 3.51. The van der Waals surface area contributed by atoms with E-state index in [1.54, 1.807) is 12.3 Å². The van der Waals surface area contributed by atoms with Gasteiger partial charge in [0.15, 0.2) is 5.84 Å². The largest absolute Gasteiger partial charge is 0.489 e. The maximum Gasteiger partial charge on any atom is 0.189 e. The Morgan fingerprint density at radius 3 is 2.76 bits per heavy atom. The minimum atomic E-state index is -0.0219. The van der Waals surface area contributed by atoms with Crippen LogP contribution < -0.4 is 10.5 Å². The number of hydrogen-bond donors (Lipinski definition) is 2. The van der Waals surface area contributed by atoms with Crippen LogP contribution in [0, 0.1) is 0 Å². The Morgan fingerprint density at radius 1 is 1.29 bits per heavy atom. The predicted octanol–water partition coefficient (Wildman–Crippen LogP) is 2.88. The third-order valence-electron chi connectivity index (χ3n) is 3.17. The summed E-state index contributed by atoms with van der Waals surface area (Å²) in [5.74, 6) is 1.19. The summed E-state index contributed by atoms with van der Waals surface area (Å²) in [5, 5.41) is 11.8. The van der Waals surface area contributed by atoms with Gasteiger partial charge in [0.05, 0.1) is 0 Å². The van der Waals surface area contributed by atoms with E-state index < -0.39 is 0 Å². The van der Waals surface area contributed by atoms with E-state index in [0.717, 1.165) is 16.9 Å². The van der Waals surface area contributed by atoms with Crippen LogP contribution >= 0.6 is 0 Å². The van der Waals surface area contributed by atoms with Gasteiger partial charge in [0.2, 0.25) is 0 Å². The highest BCUT2D eigenvalue weighted by atomic mass is 16.5. The Kier molecular flexibility index (Phi) is 4.77. The molecule has 0 amide bonds. The molecule has 5 heteroatoms. The number of oxime groups is 1. The van der Waals surface area contributed by atoms with Gasteiger partial charge in [-0.1, -0.05) is 43.3 Å². The van der Waals surface area contributed by atoms with Crippen LogP contribution in [-0.2, 0) is 6.61 Å². The molecule has 1 aromatic heterocycles. The minimum Gasteiger partial charge on any atom is -0.489 e. The van der Waals surface area contributed by atoms with E-state index in [1.165, 1.54) is 0 Å². The predicted molar refractivity (Wildman–Crippen MR) is 81.6 cm³/mol. The van der Waals surface area contributed by atoms with Crippen LogP contribution in [0.4, 0.5) is 0 Å². The number of hydrogen-bond acceptors (Lipinski definition) is 4. The van der Waals surface area contributed by atoms with Crippen LogP contribution in [0.3, 0.4) is 0 Å². The summed E-state index contributed by atoms with van der Waals surface area (Å²) < 4.78 is 5.89. The van der Waals surface area contributed by atoms with Crippen molar-refractivity contribution in [3.63, 3.8) is 0 Å². The Bertz CT molecular complexity index is 639.